The first kappa shape index (κ1) is 19.8. The summed E-state index contributed by atoms with van der Waals surface area (Å²) in [7, 11) is 0. The summed E-state index contributed by atoms with van der Waals surface area (Å²) in [6, 6.07) is 0. The van der Waals surface area contributed by atoms with Gasteiger partial charge in [0, 0.05) is 25.3 Å². The maximum Gasteiger partial charge on any atom is 0.239 e. The van der Waals surface area contributed by atoms with Crippen molar-refractivity contribution in [1.29, 1.82) is 0 Å². The molecule has 8 nitrogen and oxygen atoms in total. The van der Waals surface area contributed by atoms with Gasteiger partial charge in [-0.2, -0.15) is 0 Å². The molecule has 1 rings (SSSR count). The number of nitrogens with zero attached hydrogens (tertiary/aromatic N) is 1. The normalized spacial score (nSPS) is 17.3. The van der Waals surface area contributed by atoms with Crippen molar-refractivity contribution in [3.63, 3.8) is 0 Å². The fourth-order valence-electron chi connectivity index (χ4n) is 2.41. The van der Waals surface area contributed by atoms with Gasteiger partial charge >= 0.3 is 0 Å². The van der Waals surface area contributed by atoms with Crippen LogP contribution in [0.5, 0.6) is 0 Å². The van der Waals surface area contributed by atoms with Gasteiger partial charge in [0.25, 0.3) is 0 Å². The second-order valence-electron chi connectivity index (χ2n) is 6.30. The number of nitrogens with one attached hydrogen (secondary N) is 2. The maximum atomic E-state index is 12.1. The van der Waals surface area contributed by atoms with Crippen LogP contribution in [0.3, 0.4) is 0 Å². The number of carbonyl (C=O) groups excluding carboxylic acids is 5. The molecule has 1 saturated heterocycles. The van der Waals surface area contributed by atoms with Crippen molar-refractivity contribution in [2.75, 3.05) is 19.6 Å². The summed E-state index contributed by atoms with van der Waals surface area (Å²) in [5.74, 6) is -1.47. The first-order valence-corrected chi connectivity index (χ1v) is 8.09. The van der Waals surface area contributed by atoms with E-state index in [1.807, 2.05) is 13.8 Å². The number of hydrogen-bond donors (Lipinski definition) is 2. The SMILES string of the molecule is CC(=O)CNC(=O)CNC(=O)CCCN1C(=O)CC(C(C)C)C1=O. The van der Waals surface area contributed by atoms with E-state index in [0.717, 1.165) is 0 Å². The molecule has 8 heteroatoms. The Morgan fingerprint density at radius 3 is 2.29 bits per heavy atom. The van der Waals surface area contributed by atoms with E-state index in [4.69, 9.17) is 0 Å². The van der Waals surface area contributed by atoms with E-state index in [-0.39, 0.29) is 67.8 Å². The minimum absolute atomic E-state index is 0.0646. The first-order valence-electron chi connectivity index (χ1n) is 8.09. The molecule has 0 saturated carbocycles. The van der Waals surface area contributed by atoms with Gasteiger partial charge in [-0.15, -0.1) is 0 Å². The fourth-order valence-corrected chi connectivity index (χ4v) is 2.41. The lowest BCUT2D eigenvalue weighted by Crippen LogP contribution is -2.39. The second kappa shape index (κ2) is 9.14. The van der Waals surface area contributed by atoms with Crippen molar-refractivity contribution >= 4 is 29.4 Å². The Labute approximate surface area is 141 Å². The van der Waals surface area contributed by atoms with Crippen LogP contribution < -0.4 is 10.6 Å². The molecule has 24 heavy (non-hydrogen) atoms. The standard InChI is InChI=1S/C16H25N3O5/c1-10(2)12-7-15(23)19(16(12)24)6-4-5-13(21)18-9-14(22)17-8-11(3)20/h10,12H,4-9H2,1-3H3,(H,17,22)(H,18,21). The highest BCUT2D eigenvalue weighted by atomic mass is 16.2. The van der Waals surface area contributed by atoms with Crippen LogP contribution in [-0.4, -0.2) is 53.9 Å². The number of imide groups is 1. The van der Waals surface area contributed by atoms with Crippen LogP contribution in [-0.2, 0) is 24.0 Å². The molecule has 1 heterocycles. The number of amides is 4. The molecule has 1 aliphatic rings. The highest BCUT2D eigenvalue weighted by Crippen LogP contribution is 2.26. The average molecular weight is 339 g/mol. The highest BCUT2D eigenvalue weighted by molar-refractivity contribution is 6.03. The first-order chi connectivity index (χ1) is 11.2. The summed E-state index contributed by atoms with van der Waals surface area (Å²) >= 11 is 0. The number of hydrogen-bond acceptors (Lipinski definition) is 5. The predicted octanol–water partition coefficient (Wildman–Crippen LogP) is -0.381. The molecule has 1 aliphatic heterocycles. The molecular weight excluding hydrogens is 314 g/mol. The third-order valence-electron chi connectivity index (χ3n) is 3.85. The quantitative estimate of drug-likeness (QED) is 0.556. The van der Waals surface area contributed by atoms with Gasteiger partial charge in [-0.25, -0.2) is 0 Å². The maximum absolute atomic E-state index is 12.1. The third kappa shape index (κ3) is 6.10. The summed E-state index contributed by atoms with van der Waals surface area (Å²) in [4.78, 5) is 58.9. The molecule has 1 unspecified atom stereocenters. The van der Waals surface area contributed by atoms with E-state index in [1.54, 1.807) is 0 Å². The lowest BCUT2D eigenvalue weighted by Gasteiger charge is -2.16. The predicted molar refractivity (Wildman–Crippen MR) is 85.6 cm³/mol. The Kier molecular flexibility index (Phi) is 7.54. The summed E-state index contributed by atoms with van der Waals surface area (Å²) in [5, 5.41) is 4.79. The van der Waals surface area contributed by atoms with Crippen molar-refractivity contribution in [3.8, 4) is 0 Å². The van der Waals surface area contributed by atoms with Crippen molar-refractivity contribution in [1.82, 2.24) is 15.5 Å². The summed E-state index contributed by atoms with van der Waals surface area (Å²) < 4.78 is 0. The van der Waals surface area contributed by atoms with Gasteiger partial charge in [0.05, 0.1) is 13.1 Å². The van der Waals surface area contributed by atoms with Gasteiger partial charge < -0.3 is 10.6 Å². The molecule has 134 valence electrons. The average Bonchev–Trinajstić information content (AvgIpc) is 2.79. The van der Waals surface area contributed by atoms with Crippen molar-refractivity contribution in [2.24, 2.45) is 11.8 Å². The van der Waals surface area contributed by atoms with E-state index >= 15 is 0 Å². The number of Topliss-reactive ketones (excluding diaryl/α,β-unsaturated/α-hetero) is 1. The zero-order valence-corrected chi connectivity index (χ0v) is 14.4. The second-order valence-corrected chi connectivity index (χ2v) is 6.30. The van der Waals surface area contributed by atoms with Gasteiger partial charge in [0.2, 0.25) is 23.6 Å². The molecule has 1 fully saturated rings. The third-order valence-corrected chi connectivity index (χ3v) is 3.85. The summed E-state index contributed by atoms with van der Waals surface area (Å²) in [6.45, 7) is 5.11. The van der Waals surface area contributed by atoms with Gasteiger partial charge in [0.1, 0.15) is 5.78 Å². The number of rotatable bonds is 9. The van der Waals surface area contributed by atoms with E-state index in [9.17, 15) is 24.0 Å². The Balaban J connectivity index is 2.26. The molecule has 1 atom stereocenters. The minimum atomic E-state index is -0.441. The van der Waals surface area contributed by atoms with E-state index in [2.05, 4.69) is 10.6 Å². The van der Waals surface area contributed by atoms with Gasteiger partial charge in [-0.1, -0.05) is 13.8 Å². The smallest absolute Gasteiger partial charge is 0.239 e. The zero-order valence-electron chi connectivity index (χ0n) is 14.4. The number of ketones is 1. The molecule has 2 N–H and O–H groups in total. The van der Waals surface area contributed by atoms with Crippen LogP contribution in [0.25, 0.3) is 0 Å². The lowest BCUT2D eigenvalue weighted by molar-refractivity contribution is -0.140. The van der Waals surface area contributed by atoms with Crippen LogP contribution in [0.4, 0.5) is 0 Å². The van der Waals surface area contributed by atoms with Gasteiger partial charge in [-0.05, 0) is 19.3 Å². The highest BCUT2D eigenvalue weighted by Gasteiger charge is 2.39. The minimum Gasteiger partial charge on any atom is -0.348 e. The lowest BCUT2D eigenvalue weighted by atomic mass is 9.94. The molecule has 0 spiro atoms. The molecule has 4 amide bonds. The van der Waals surface area contributed by atoms with Crippen molar-refractivity contribution < 1.29 is 24.0 Å². The van der Waals surface area contributed by atoms with E-state index < -0.39 is 5.91 Å². The zero-order chi connectivity index (χ0) is 18.3. The van der Waals surface area contributed by atoms with Gasteiger partial charge in [0.15, 0.2) is 0 Å². The van der Waals surface area contributed by atoms with Crippen LogP contribution >= 0.6 is 0 Å². The fraction of sp³-hybridized carbons (Fsp3) is 0.688. The number of carbonyl (C=O) groups is 5. The molecule has 0 bridgehead atoms. The monoisotopic (exact) mass is 339 g/mol. The van der Waals surface area contributed by atoms with Crippen molar-refractivity contribution in [2.45, 2.75) is 40.0 Å². The Morgan fingerprint density at radius 2 is 1.75 bits per heavy atom. The van der Waals surface area contributed by atoms with Crippen LogP contribution in [0, 0.1) is 11.8 Å². The molecule has 0 aromatic heterocycles. The molecule has 0 aliphatic carbocycles. The van der Waals surface area contributed by atoms with Crippen LogP contribution in [0.2, 0.25) is 0 Å². The van der Waals surface area contributed by atoms with Crippen molar-refractivity contribution in [3.05, 3.63) is 0 Å². The Hall–Kier alpha value is -2.25. The van der Waals surface area contributed by atoms with Gasteiger partial charge in [-0.3, -0.25) is 28.9 Å². The molecular formula is C16H25N3O5. The summed E-state index contributed by atoms with van der Waals surface area (Å²) in [6.07, 6.45) is 0.700. The summed E-state index contributed by atoms with van der Waals surface area (Å²) in [5.41, 5.74) is 0. The molecule has 0 aromatic carbocycles. The topological polar surface area (TPSA) is 113 Å². The molecule has 0 aromatic rings. The van der Waals surface area contributed by atoms with Crippen LogP contribution in [0.1, 0.15) is 40.0 Å². The van der Waals surface area contributed by atoms with E-state index in [0.29, 0.717) is 6.42 Å². The van der Waals surface area contributed by atoms with E-state index in [1.165, 1.54) is 11.8 Å². The Morgan fingerprint density at radius 1 is 1.12 bits per heavy atom. The number of likely N-dealkylation sites (tertiary alicyclic amines) is 1. The van der Waals surface area contributed by atoms with Crippen LogP contribution in [0.15, 0.2) is 0 Å². The Bertz CT molecular complexity index is 530. The largest absolute Gasteiger partial charge is 0.348 e. The molecule has 0 radical (unpaired) electrons.